The molecule has 0 unspecified atom stereocenters. The number of rotatable bonds is 7. The molecule has 20 heavy (non-hydrogen) atoms. The van der Waals surface area contributed by atoms with Crippen molar-refractivity contribution in [2.75, 3.05) is 25.7 Å². The Kier molecular flexibility index (Phi) is 4.62. The molecule has 0 bridgehead atoms. The fourth-order valence-electron chi connectivity index (χ4n) is 2.35. The van der Waals surface area contributed by atoms with Crippen LogP contribution in [0.25, 0.3) is 0 Å². The topological polar surface area (TPSA) is 76.4 Å². The second-order valence-electron chi connectivity index (χ2n) is 5.60. The first kappa shape index (κ1) is 14.8. The van der Waals surface area contributed by atoms with Crippen LogP contribution in [-0.4, -0.2) is 26.2 Å². The van der Waals surface area contributed by atoms with E-state index in [1.807, 2.05) is 19.1 Å². The van der Waals surface area contributed by atoms with Crippen LogP contribution in [0.15, 0.2) is 18.2 Å². The number of benzene rings is 1. The van der Waals surface area contributed by atoms with E-state index in [2.05, 4.69) is 10.7 Å². The lowest BCUT2D eigenvalue weighted by atomic mass is 10.0. The van der Waals surface area contributed by atoms with Crippen LogP contribution in [0.4, 0.5) is 5.69 Å². The number of nitrogens with one attached hydrogen (secondary N) is 2. The molecule has 110 valence electrons. The molecule has 0 radical (unpaired) electrons. The molecule has 0 aliphatic heterocycles. The average Bonchev–Trinajstić information content (AvgIpc) is 3.23. The Labute approximate surface area is 119 Å². The summed E-state index contributed by atoms with van der Waals surface area (Å²) in [6, 6.07) is 5.45. The number of hydrogen-bond donors (Lipinski definition) is 3. The highest BCUT2D eigenvalue weighted by molar-refractivity contribution is 5.94. The first-order chi connectivity index (χ1) is 9.60. The fourth-order valence-corrected chi connectivity index (χ4v) is 2.35. The summed E-state index contributed by atoms with van der Waals surface area (Å²) in [6.07, 6.45) is 3.36. The van der Waals surface area contributed by atoms with E-state index in [0.717, 1.165) is 30.8 Å². The van der Waals surface area contributed by atoms with Gasteiger partial charge in [-0.05, 0) is 55.4 Å². The van der Waals surface area contributed by atoms with Gasteiger partial charge in [-0.15, -0.1) is 0 Å². The molecule has 0 heterocycles. The van der Waals surface area contributed by atoms with Crippen molar-refractivity contribution in [1.29, 1.82) is 0 Å². The minimum Gasteiger partial charge on any atom is -0.385 e. The Bertz CT molecular complexity index is 484. The molecule has 0 aromatic heterocycles. The quantitative estimate of drug-likeness (QED) is 0.525. The van der Waals surface area contributed by atoms with Crippen molar-refractivity contribution >= 4 is 11.6 Å². The smallest absolute Gasteiger partial charge is 0.251 e. The maximum atomic E-state index is 12.2. The molecule has 5 nitrogen and oxygen atoms in total. The molecular formula is C15H23N3O2. The average molecular weight is 277 g/mol. The summed E-state index contributed by atoms with van der Waals surface area (Å²) in [5.41, 5.74) is 5.33. The van der Waals surface area contributed by atoms with E-state index in [4.69, 9.17) is 10.6 Å². The van der Waals surface area contributed by atoms with Gasteiger partial charge in [0.1, 0.15) is 0 Å². The van der Waals surface area contributed by atoms with Crippen LogP contribution < -0.4 is 16.6 Å². The largest absolute Gasteiger partial charge is 0.385 e. The summed E-state index contributed by atoms with van der Waals surface area (Å²) in [6.45, 7) is 3.41. The van der Waals surface area contributed by atoms with Crippen LogP contribution in [0.1, 0.15) is 35.2 Å². The number of nitrogen functional groups attached to an aromatic ring is 1. The van der Waals surface area contributed by atoms with E-state index < -0.39 is 0 Å². The van der Waals surface area contributed by atoms with E-state index in [0.29, 0.717) is 5.56 Å². The lowest BCUT2D eigenvalue weighted by molar-refractivity contribution is 0.0938. The molecule has 2 rings (SSSR count). The molecule has 1 aliphatic rings. The molecule has 0 saturated heterocycles. The third-order valence-electron chi connectivity index (χ3n) is 4.06. The third kappa shape index (κ3) is 3.49. The van der Waals surface area contributed by atoms with Gasteiger partial charge in [-0.2, -0.15) is 0 Å². The molecule has 1 aromatic rings. The zero-order chi connectivity index (χ0) is 14.6. The number of methoxy groups -OCH3 is 1. The second kappa shape index (κ2) is 6.24. The summed E-state index contributed by atoms with van der Waals surface area (Å²) >= 11 is 0. The monoisotopic (exact) mass is 277 g/mol. The van der Waals surface area contributed by atoms with Crippen molar-refractivity contribution in [3.63, 3.8) is 0 Å². The van der Waals surface area contributed by atoms with Crippen molar-refractivity contribution in [3.8, 4) is 0 Å². The number of hydrogen-bond acceptors (Lipinski definition) is 4. The predicted molar refractivity (Wildman–Crippen MR) is 79.5 cm³/mol. The van der Waals surface area contributed by atoms with Crippen LogP contribution in [0.5, 0.6) is 0 Å². The number of anilines is 1. The van der Waals surface area contributed by atoms with Crippen LogP contribution in [-0.2, 0) is 4.74 Å². The molecule has 5 heteroatoms. The Morgan fingerprint density at radius 1 is 1.45 bits per heavy atom. The lowest BCUT2D eigenvalue weighted by Gasteiger charge is -2.16. The van der Waals surface area contributed by atoms with Crippen molar-refractivity contribution in [1.82, 2.24) is 5.32 Å². The van der Waals surface area contributed by atoms with Gasteiger partial charge in [0.2, 0.25) is 0 Å². The van der Waals surface area contributed by atoms with Gasteiger partial charge in [0.15, 0.2) is 0 Å². The summed E-state index contributed by atoms with van der Waals surface area (Å²) < 4.78 is 5.12. The molecule has 1 aliphatic carbocycles. The number of aryl methyl sites for hydroxylation is 1. The number of ether oxygens (including phenoxy) is 1. The Balaban J connectivity index is 1.90. The summed E-state index contributed by atoms with van der Waals surface area (Å²) in [5, 5.41) is 3.03. The number of amides is 1. The van der Waals surface area contributed by atoms with E-state index in [1.54, 1.807) is 13.2 Å². The van der Waals surface area contributed by atoms with Crippen molar-refractivity contribution in [3.05, 3.63) is 29.3 Å². The molecular weight excluding hydrogens is 254 g/mol. The highest BCUT2D eigenvalue weighted by Crippen LogP contribution is 2.48. The van der Waals surface area contributed by atoms with Gasteiger partial charge in [0, 0.05) is 25.8 Å². The SMILES string of the molecule is COCCC1(CNC(=O)c2ccc(NN)c(C)c2)CC1. The van der Waals surface area contributed by atoms with E-state index in [-0.39, 0.29) is 11.3 Å². The Morgan fingerprint density at radius 2 is 2.20 bits per heavy atom. The first-order valence-electron chi connectivity index (χ1n) is 6.95. The van der Waals surface area contributed by atoms with Gasteiger partial charge in [-0.25, -0.2) is 0 Å². The third-order valence-corrected chi connectivity index (χ3v) is 4.06. The van der Waals surface area contributed by atoms with Gasteiger partial charge < -0.3 is 15.5 Å². The molecule has 1 fully saturated rings. The van der Waals surface area contributed by atoms with E-state index in [1.165, 1.54) is 12.8 Å². The minimum absolute atomic E-state index is 0.0274. The van der Waals surface area contributed by atoms with Crippen LogP contribution in [0, 0.1) is 12.3 Å². The zero-order valence-electron chi connectivity index (χ0n) is 12.2. The molecule has 1 saturated carbocycles. The molecule has 0 spiro atoms. The number of nitrogens with two attached hydrogens (primary N) is 1. The summed E-state index contributed by atoms with van der Waals surface area (Å²) in [5.74, 6) is 5.36. The first-order valence-corrected chi connectivity index (χ1v) is 6.95. The molecule has 1 aromatic carbocycles. The normalized spacial score (nSPS) is 15.8. The van der Waals surface area contributed by atoms with Gasteiger partial charge in [0.05, 0.1) is 5.69 Å². The molecule has 4 N–H and O–H groups in total. The van der Waals surface area contributed by atoms with Gasteiger partial charge in [-0.3, -0.25) is 10.6 Å². The highest BCUT2D eigenvalue weighted by atomic mass is 16.5. The second-order valence-corrected chi connectivity index (χ2v) is 5.60. The Hall–Kier alpha value is -1.59. The van der Waals surface area contributed by atoms with E-state index in [9.17, 15) is 4.79 Å². The van der Waals surface area contributed by atoms with Gasteiger partial charge >= 0.3 is 0 Å². The summed E-state index contributed by atoms with van der Waals surface area (Å²) in [7, 11) is 1.71. The number of carbonyl (C=O) groups is 1. The van der Waals surface area contributed by atoms with Crippen molar-refractivity contribution in [2.45, 2.75) is 26.2 Å². The van der Waals surface area contributed by atoms with Crippen molar-refractivity contribution in [2.24, 2.45) is 11.3 Å². The van der Waals surface area contributed by atoms with Gasteiger partial charge in [-0.1, -0.05) is 0 Å². The van der Waals surface area contributed by atoms with Crippen molar-refractivity contribution < 1.29 is 9.53 Å². The maximum absolute atomic E-state index is 12.2. The van der Waals surface area contributed by atoms with Gasteiger partial charge in [0.25, 0.3) is 5.91 Å². The Morgan fingerprint density at radius 3 is 2.75 bits per heavy atom. The predicted octanol–water partition coefficient (Wildman–Crippen LogP) is 1.83. The minimum atomic E-state index is -0.0274. The standard InChI is InChI=1S/C15H23N3O2/c1-11-9-12(3-4-13(11)18-16)14(19)17-10-15(5-6-15)7-8-20-2/h3-4,9,18H,5-8,10,16H2,1-2H3,(H,17,19). The lowest BCUT2D eigenvalue weighted by Crippen LogP contribution is -2.30. The zero-order valence-corrected chi connectivity index (χ0v) is 12.2. The summed E-state index contributed by atoms with van der Waals surface area (Å²) in [4.78, 5) is 12.2. The van der Waals surface area contributed by atoms with Crippen LogP contribution in [0.2, 0.25) is 0 Å². The fraction of sp³-hybridized carbons (Fsp3) is 0.533. The number of hydrazine groups is 1. The van der Waals surface area contributed by atoms with E-state index >= 15 is 0 Å². The van der Waals surface area contributed by atoms with Crippen LogP contribution >= 0.6 is 0 Å². The maximum Gasteiger partial charge on any atom is 0.251 e. The number of carbonyl (C=O) groups excluding carboxylic acids is 1. The molecule has 1 amide bonds. The van der Waals surface area contributed by atoms with Crippen LogP contribution in [0.3, 0.4) is 0 Å². The highest BCUT2D eigenvalue weighted by Gasteiger charge is 2.42. The molecule has 0 atom stereocenters.